The van der Waals surface area contributed by atoms with E-state index in [0.717, 1.165) is 19.3 Å². The molecule has 0 aromatic carbocycles. The van der Waals surface area contributed by atoms with Crippen LogP contribution in [-0.2, 0) is 14.5 Å². The Morgan fingerprint density at radius 3 is 2.23 bits per heavy atom. The first kappa shape index (κ1) is 12.9. The topological polar surface area (TPSA) is 69.4 Å². The van der Waals surface area contributed by atoms with Gasteiger partial charge in [0, 0.05) is 0 Å². The summed E-state index contributed by atoms with van der Waals surface area (Å²) < 4.78 is 26.0. The average molecular weight is 209 g/mol. The van der Waals surface area contributed by atoms with Crippen LogP contribution in [0.2, 0.25) is 0 Å². The van der Waals surface area contributed by atoms with Gasteiger partial charge in [-0.25, -0.2) is 5.14 Å². The van der Waals surface area contributed by atoms with Crippen LogP contribution in [0.5, 0.6) is 0 Å². The molecule has 0 bridgehead atoms. The maximum absolute atomic E-state index is 10.7. The molecule has 0 saturated heterocycles. The Hall–Kier alpha value is -0.130. The maximum atomic E-state index is 10.7. The minimum Gasteiger partial charge on any atom is -0.255 e. The summed E-state index contributed by atoms with van der Waals surface area (Å²) in [6, 6.07) is 0. The lowest BCUT2D eigenvalue weighted by molar-refractivity contribution is 0.171. The first-order valence-electron chi connectivity index (χ1n) is 4.56. The van der Waals surface area contributed by atoms with E-state index in [0.29, 0.717) is 5.92 Å². The van der Waals surface area contributed by atoms with E-state index in [1.165, 1.54) is 0 Å². The number of nitrogens with two attached hydrogens (primary N) is 1. The van der Waals surface area contributed by atoms with Crippen LogP contribution in [0.4, 0.5) is 0 Å². The normalized spacial score (nSPS) is 14.8. The third kappa shape index (κ3) is 8.21. The van der Waals surface area contributed by atoms with Crippen molar-refractivity contribution in [3.63, 3.8) is 0 Å². The van der Waals surface area contributed by atoms with Crippen LogP contribution in [0.1, 0.15) is 40.0 Å². The summed E-state index contributed by atoms with van der Waals surface area (Å²) in [5, 5.41) is 4.79. The molecule has 0 aliphatic carbocycles. The Kier molecular flexibility index (Phi) is 5.51. The van der Waals surface area contributed by atoms with Crippen molar-refractivity contribution in [1.29, 1.82) is 0 Å². The zero-order chi connectivity index (χ0) is 10.5. The number of rotatable bonds is 6. The van der Waals surface area contributed by atoms with Crippen molar-refractivity contribution < 1.29 is 12.6 Å². The quantitative estimate of drug-likeness (QED) is 0.719. The summed E-state index contributed by atoms with van der Waals surface area (Å²) in [7, 11) is -3.79. The van der Waals surface area contributed by atoms with E-state index < -0.39 is 10.3 Å². The Morgan fingerprint density at radius 1 is 1.38 bits per heavy atom. The van der Waals surface area contributed by atoms with Crippen molar-refractivity contribution in [2.45, 2.75) is 46.1 Å². The predicted octanol–water partition coefficient (Wildman–Crippen LogP) is 1.42. The van der Waals surface area contributed by atoms with Gasteiger partial charge in [-0.3, -0.25) is 4.18 Å². The standard InChI is InChI=1S/C8H19NO3S/c1-4-5-8(6-7(2)3)12-13(9,10)11/h7-8H,4-6H2,1-3H3,(H2,9,10,11)/t8-/m0/s1. The molecule has 0 aliphatic heterocycles. The molecule has 0 aromatic heterocycles. The van der Waals surface area contributed by atoms with E-state index in [1.54, 1.807) is 0 Å². The van der Waals surface area contributed by atoms with Crippen LogP contribution in [0.3, 0.4) is 0 Å². The Balaban J connectivity index is 4.10. The molecule has 0 fully saturated rings. The molecular weight excluding hydrogens is 190 g/mol. The van der Waals surface area contributed by atoms with Crippen LogP contribution in [0.25, 0.3) is 0 Å². The number of hydrogen-bond acceptors (Lipinski definition) is 3. The monoisotopic (exact) mass is 209 g/mol. The van der Waals surface area contributed by atoms with Crippen molar-refractivity contribution >= 4 is 10.3 Å². The van der Waals surface area contributed by atoms with Crippen LogP contribution in [0.15, 0.2) is 0 Å². The van der Waals surface area contributed by atoms with Crippen molar-refractivity contribution in [2.75, 3.05) is 0 Å². The van der Waals surface area contributed by atoms with Gasteiger partial charge in [0.05, 0.1) is 6.10 Å². The van der Waals surface area contributed by atoms with Gasteiger partial charge in [0.25, 0.3) is 0 Å². The lowest BCUT2D eigenvalue weighted by atomic mass is 10.0. The van der Waals surface area contributed by atoms with Gasteiger partial charge in [-0.1, -0.05) is 27.2 Å². The second kappa shape index (κ2) is 5.57. The summed E-state index contributed by atoms with van der Waals surface area (Å²) in [5.74, 6) is 0.415. The highest BCUT2D eigenvalue weighted by molar-refractivity contribution is 7.84. The van der Waals surface area contributed by atoms with Gasteiger partial charge < -0.3 is 0 Å². The first-order valence-corrected chi connectivity index (χ1v) is 6.03. The van der Waals surface area contributed by atoms with Crippen LogP contribution in [-0.4, -0.2) is 14.5 Å². The second-order valence-electron chi connectivity index (χ2n) is 3.63. The third-order valence-corrected chi connectivity index (χ3v) is 2.16. The molecule has 0 unspecified atom stereocenters. The SMILES string of the molecule is CCC[C@@H](CC(C)C)OS(N)(=O)=O. The second-order valence-corrected chi connectivity index (χ2v) is 4.81. The fraction of sp³-hybridized carbons (Fsp3) is 1.00. The van der Waals surface area contributed by atoms with E-state index >= 15 is 0 Å². The average Bonchev–Trinajstić information content (AvgIpc) is 1.81. The van der Waals surface area contributed by atoms with Gasteiger partial charge in [-0.15, -0.1) is 0 Å². The van der Waals surface area contributed by atoms with E-state index in [1.807, 2.05) is 20.8 Å². The van der Waals surface area contributed by atoms with Crippen molar-refractivity contribution in [2.24, 2.45) is 11.1 Å². The molecule has 0 radical (unpaired) electrons. The molecule has 2 N–H and O–H groups in total. The minimum atomic E-state index is -3.79. The zero-order valence-electron chi connectivity index (χ0n) is 8.49. The summed E-state index contributed by atoms with van der Waals surface area (Å²) in [6.45, 7) is 6.03. The predicted molar refractivity (Wildman–Crippen MR) is 52.3 cm³/mol. The molecule has 0 aromatic rings. The molecule has 0 rings (SSSR count). The minimum absolute atomic E-state index is 0.264. The molecule has 4 nitrogen and oxygen atoms in total. The maximum Gasteiger partial charge on any atom is 0.333 e. The van der Waals surface area contributed by atoms with Crippen molar-refractivity contribution in [3.05, 3.63) is 0 Å². The van der Waals surface area contributed by atoms with Gasteiger partial charge in [0.2, 0.25) is 0 Å². The first-order chi connectivity index (χ1) is 5.85. The van der Waals surface area contributed by atoms with E-state index in [2.05, 4.69) is 0 Å². The molecule has 13 heavy (non-hydrogen) atoms. The van der Waals surface area contributed by atoms with E-state index in [4.69, 9.17) is 9.32 Å². The summed E-state index contributed by atoms with van der Waals surface area (Å²) in [5.41, 5.74) is 0. The van der Waals surface area contributed by atoms with Gasteiger partial charge in [-0.2, -0.15) is 8.42 Å². The number of hydrogen-bond donors (Lipinski definition) is 1. The lowest BCUT2D eigenvalue weighted by Gasteiger charge is -2.16. The fourth-order valence-electron chi connectivity index (χ4n) is 1.24. The highest BCUT2D eigenvalue weighted by atomic mass is 32.2. The Morgan fingerprint density at radius 2 is 1.92 bits per heavy atom. The molecule has 1 atom stereocenters. The van der Waals surface area contributed by atoms with Gasteiger partial charge in [0.1, 0.15) is 0 Å². The van der Waals surface area contributed by atoms with Gasteiger partial charge in [0.15, 0.2) is 0 Å². The van der Waals surface area contributed by atoms with E-state index in [9.17, 15) is 8.42 Å². The molecule has 80 valence electrons. The molecule has 0 heterocycles. The molecule has 0 amide bonds. The van der Waals surface area contributed by atoms with Crippen LogP contribution >= 0.6 is 0 Å². The Bertz CT molecular complexity index is 224. The smallest absolute Gasteiger partial charge is 0.255 e. The van der Waals surface area contributed by atoms with Crippen molar-refractivity contribution in [1.82, 2.24) is 0 Å². The molecule has 0 saturated carbocycles. The highest BCUT2D eigenvalue weighted by Gasteiger charge is 2.16. The molecular formula is C8H19NO3S. The third-order valence-electron chi connectivity index (χ3n) is 1.62. The molecule has 5 heteroatoms. The largest absolute Gasteiger partial charge is 0.333 e. The summed E-state index contributed by atoms with van der Waals surface area (Å²) in [4.78, 5) is 0. The van der Waals surface area contributed by atoms with Crippen molar-refractivity contribution in [3.8, 4) is 0 Å². The van der Waals surface area contributed by atoms with E-state index in [-0.39, 0.29) is 6.10 Å². The van der Waals surface area contributed by atoms with Gasteiger partial charge >= 0.3 is 10.3 Å². The van der Waals surface area contributed by atoms with Crippen LogP contribution in [0, 0.1) is 5.92 Å². The zero-order valence-corrected chi connectivity index (χ0v) is 9.30. The highest BCUT2D eigenvalue weighted by Crippen LogP contribution is 2.14. The Labute approximate surface area is 80.7 Å². The summed E-state index contributed by atoms with van der Waals surface area (Å²) >= 11 is 0. The molecule has 0 aliphatic rings. The molecule has 0 spiro atoms. The fourth-order valence-corrected chi connectivity index (χ4v) is 1.80. The summed E-state index contributed by atoms with van der Waals surface area (Å²) in [6.07, 6.45) is 2.09. The van der Waals surface area contributed by atoms with Crippen LogP contribution < -0.4 is 5.14 Å². The van der Waals surface area contributed by atoms with Gasteiger partial charge in [-0.05, 0) is 18.8 Å². The lowest BCUT2D eigenvalue weighted by Crippen LogP contribution is -2.25.